The summed E-state index contributed by atoms with van der Waals surface area (Å²) in [4.78, 5) is 22.6. The summed E-state index contributed by atoms with van der Waals surface area (Å²) in [5, 5.41) is 19.2. The second-order valence-electron chi connectivity index (χ2n) is 2.65. The van der Waals surface area contributed by atoms with Crippen molar-refractivity contribution in [2.45, 2.75) is 13.0 Å². The highest BCUT2D eigenvalue weighted by atomic mass is 16.4. The van der Waals surface area contributed by atoms with Gasteiger partial charge in [0.05, 0.1) is 6.61 Å². The van der Waals surface area contributed by atoms with Gasteiger partial charge in [-0.2, -0.15) is 0 Å². The molecule has 0 unspecified atom stereocenters. The van der Waals surface area contributed by atoms with Gasteiger partial charge in [0, 0.05) is 13.6 Å². The van der Waals surface area contributed by atoms with Crippen LogP contribution in [-0.4, -0.2) is 53.4 Å². The lowest BCUT2D eigenvalue weighted by Gasteiger charge is -2.18. The minimum Gasteiger partial charge on any atom is -0.480 e. The van der Waals surface area contributed by atoms with Crippen LogP contribution in [0.15, 0.2) is 0 Å². The van der Waals surface area contributed by atoms with E-state index in [0.29, 0.717) is 0 Å². The van der Waals surface area contributed by atoms with E-state index in [4.69, 9.17) is 10.2 Å². The van der Waals surface area contributed by atoms with Crippen molar-refractivity contribution in [3.63, 3.8) is 0 Å². The molecular weight excluding hydrogens is 176 g/mol. The highest BCUT2D eigenvalue weighted by Gasteiger charge is 2.15. The minimum atomic E-state index is -1.09. The molecule has 2 amide bonds. The Balaban J connectivity index is 3.92. The average molecular weight is 190 g/mol. The van der Waals surface area contributed by atoms with Gasteiger partial charge in [0.25, 0.3) is 0 Å². The Kier molecular flexibility index (Phi) is 4.83. The summed E-state index contributed by atoms with van der Waals surface area (Å²) in [6, 6.07) is -1.43. The maximum Gasteiger partial charge on any atom is 0.325 e. The molecule has 0 aromatic rings. The second kappa shape index (κ2) is 5.36. The van der Waals surface area contributed by atoms with Gasteiger partial charge in [-0.05, 0) is 6.92 Å². The van der Waals surface area contributed by atoms with Gasteiger partial charge in [-0.25, -0.2) is 4.79 Å². The van der Waals surface area contributed by atoms with Gasteiger partial charge >= 0.3 is 12.0 Å². The van der Waals surface area contributed by atoms with E-state index in [1.54, 1.807) is 0 Å². The van der Waals surface area contributed by atoms with Gasteiger partial charge in [0.2, 0.25) is 0 Å². The molecule has 0 heterocycles. The number of hydrogen-bond acceptors (Lipinski definition) is 3. The molecule has 0 spiro atoms. The van der Waals surface area contributed by atoms with Crippen molar-refractivity contribution >= 4 is 12.0 Å². The van der Waals surface area contributed by atoms with Crippen LogP contribution in [0.5, 0.6) is 0 Å². The van der Waals surface area contributed by atoms with Crippen LogP contribution in [0.2, 0.25) is 0 Å². The summed E-state index contributed by atoms with van der Waals surface area (Å²) in [6.45, 7) is 1.40. The second-order valence-corrected chi connectivity index (χ2v) is 2.65. The summed E-state index contributed by atoms with van der Waals surface area (Å²) in [7, 11) is 1.47. The van der Waals surface area contributed by atoms with Crippen molar-refractivity contribution in [3.05, 3.63) is 0 Å². The lowest BCUT2D eigenvalue weighted by molar-refractivity contribution is -0.138. The molecule has 0 aromatic carbocycles. The quantitative estimate of drug-likeness (QED) is 0.535. The van der Waals surface area contributed by atoms with Crippen LogP contribution in [0, 0.1) is 0 Å². The first-order valence-corrected chi connectivity index (χ1v) is 3.84. The third-order valence-electron chi connectivity index (χ3n) is 1.49. The molecule has 0 saturated carbocycles. The first-order valence-electron chi connectivity index (χ1n) is 3.84. The molecule has 0 aliphatic rings. The lowest BCUT2D eigenvalue weighted by atomic mass is 10.3. The molecule has 0 saturated heterocycles. The monoisotopic (exact) mass is 190 g/mol. The number of carboxylic acids is 1. The smallest absolute Gasteiger partial charge is 0.325 e. The van der Waals surface area contributed by atoms with E-state index in [1.165, 1.54) is 18.9 Å². The Morgan fingerprint density at radius 1 is 1.54 bits per heavy atom. The third kappa shape index (κ3) is 4.32. The summed E-state index contributed by atoms with van der Waals surface area (Å²) < 4.78 is 0. The molecule has 0 aliphatic heterocycles. The predicted molar refractivity (Wildman–Crippen MR) is 45.3 cm³/mol. The van der Waals surface area contributed by atoms with Crippen molar-refractivity contribution in [2.24, 2.45) is 0 Å². The van der Waals surface area contributed by atoms with Crippen LogP contribution in [-0.2, 0) is 4.79 Å². The van der Waals surface area contributed by atoms with E-state index in [2.05, 4.69) is 5.32 Å². The van der Waals surface area contributed by atoms with Gasteiger partial charge in [0.1, 0.15) is 6.04 Å². The molecule has 0 bridgehead atoms. The number of urea groups is 1. The van der Waals surface area contributed by atoms with Crippen LogP contribution in [0.4, 0.5) is 4.79 Å². The number of likely N-dealkylation sites (N-methyl/N-ethyl adjacent to an activating group) is 1. The molecule has 0 radical (unpaired) electrons. The molecule has 6 nitrogen and oxygen atoms in total. The van der Waals surface area contributed by atoms with Crippen molar-refractivity contribution in [1.82, 2.24) is 10.2 Å². The maximum absolute atomic E-state index is 11.1. The van der Waals surface area contributed by atoms with Crippen LogP contribution in [0.3, 0.4) is 0 Å². The number of aliphatic hydroxyl groups excluding tert-OH is 1. The normalized spacial score (nSPS) is 11.9. The van der Waals surface area contributed by atoms with Gasteiger partial charge in [-0.1, -0.05) is 0 Å². The molecule has 0 aromatic heterocycles. The summed E-state index contributed by atoms with van der Waals surface area (Å²) in [5.74, 6) is -1.09. The molecular formula is C7H14N2O4. The maximum atomic E-state index is 11.1. The lowest BCUT2D eigenvalue weighted by Crippen LogP contribution is -2.45. The number of carboxylic acid groups (broad SMARTS) is 1. The summed E-state index contributed by atoms with van der Waals surface area (Å²) >= 11 is 0. The number of hydrogen-bond donors (Lipinski definition) is 3. The van der Waals surface area contributed by atoms with Crippen LogP contribution in [0.1, 0.15) is 6.92 Å². The molecule has 0 rings (SSSR count). The Hall–Kier alpha value is -1.30. The number of rotatable bonds is 4. The van der Waals surface area contributed by atoms with Gasteiger partial charge < -0.3 is 20.4 Å². The number of carbonyl (C=O) groups is 2. The summed E-state index contributed by atoms with van der Waals surface area (Å²) in [6.07, 6.45) is 0. The Bertz CT molecular complexity index is 195. The van der Waals surface area contributed by atoms with Crippen molar-refractivity contribution in [2.75, 3.05) is 20.2 Å². The van der Waals surface area contributed by atoms with E-state index in [-0.39, 0.29) is 13.2 Å². The fraction of sp³-hybridized carbons (Fsp3) is 0.714. The molecule has 76 valence electrons. The zero-order chi connectivity index (χ0) is 10.4. The third-order valence-corrected chi connectivity index (χ3v) is 1.49. The van der Waals surface area contributed by atoms with Crippen LogP contribution in [0.25, 0.3) is 0 Å². The first-order chi connectivity index (χ1) is 5.99. The van der Waals surface area contributed by atoms with Gasteiger partial charge in [-0.3, -0.25) is 4.79 Å². The fourth-order valence-corrected chi connectivity index (χ4v) is 0.609. The highest BCUT2D eigenvalue weighted by Crippen LogP contribution is 1.87. The number of carbonyl (C=O) groups excluding carboxylic acids is 1. The van der Waals surface area contributed by atoms with Gasteiger partial charge in [0.15, 0.2) is 0 Å². The number of aliphatic hydroxyl groups is 1. The predicted octanol–water partition coefficient (Wildman–Crippen LogP) is -0.907. The van der Waals surface area contributed by atoms with Gasteiger partial charge in [-0.15, -0.1) is 0 Å². The highest BCUT2D eigenvalue weighted by molar-refractivity contribution is 5.82. The van der Waals surface area contributed by atoms with E-state index in [1.807, 2.05) is 0 Å². The van der Waals surface area contributed by atoms with E-state index >= 15 is 0 Å². The zero-order valence-corrected chi connectivity index (χ0v) is 7.65. The molecule has 13 heavy (non-hydrogen) atoms. The largest absolute Gasteiger partial charge is 0.480 e. The molecule has 1 atom stereocenters. The van der Waals surface area contributed by atoms with Crippen molar-refractivity contribution in [3.8, 4) is 0 Å². The Labute approximate surface area is 76.2 Å². The van der Waals surface area contributed by atoms with E-state index < -0.39 is 18.0 Å². The summed E-state index contributed by atoms with van der Waals surface area (Å²) in [5.41, 5.74) is 0. The number of nitrogens with one attached hydrogen (secondary N) is 1. The number of aliphatic carboxylic acids is 1. The van der Waals surface area contributed by atoms with Crippen molar-refractivity contribution < 1.29 is 19.8 Å². The molecule has 0 aliphatic carbocycles. The van der Waals surface area contributed by atoms with E-state index in [9.17, 15) is 9.59 Å². The first kappa shape index (κ1) is 11.7. The molecule has 6 heteroatoms. The Morgan fingerprint density at radius 3 is 2.46 bits per heavy atom. The minimum absolute atomic E-state index is 0.147. The number of nitrogens with zero attached hydrogens (tertiary/aromatic N) is 1. The average Bonchev–Trinajstić information content (AvgIpc) is 2.04. The number of amides is 2. The SMILES string of the molecule is C[C@@H](NC(=O)N(C)CCO)C(=O)O. The standard InChI is InChI=1S/C7H14N2O4/c1-5(6(11)12)8-7(13)9(2)3-4-10/h5,10H,3-4H2,1-2H3,(H,8,13)(H,11,12)/t5-/m1/s1. The topological polar surface area (TPSA) is 89.9 Å². The van der Waals surface area contributed by atoms with E-state index in [0.717, 1.165) is 0 Å². The van der Waals surface area contributed by atoms with Crippen molar-refractivity contribution in [1.29, 1.82) is 0 Å². The Morgan fingerprint density at radius 2 is 2.08 bits per heavy atom. The molecule has 0 fully saturated rings. The van der Waals surface area contributed by atoms with Crippen LogP contribution < -0.4 is 5.32 Å². The fourth-order valence-electron chi connectivity index (χ4n) is 0.609. The zero-order valence-electron chi connectivity index (χ0n) is 7.65. The molecule has 3 N–H and O–H groups in total. The van der Waals surface area contributed by atoms with Crippen LogP contribution >= 0.6 is 0 Å².